The Morgan fingerprint density at radius 1 is 0.958 bits per heavy atom. The van der Waals surface area contributed by atoms with E-state index in [4.69, 9.17) is 13.9 Å². The quantitative estimate of drug-likeness (QED) is 0.473. The van der Waals surface area contributed by atoms with Gasteiger partial charge in [0.25, 0.3) is 5.22 Å². The third-order valence-electron chi connectivity index (χ3n) is 3.34. The van der Waals surface area contributed by atoms with Gasteiger partial charge in [0, 0.05) is 11.3 Å². The Kier molecular flexibility index (Phi) is 5.38. The molecule has 0 saturated carbocycles. The second-order valence-corrected chi connectivity index (χ2v) is 6.16. The fraction of sp³-hybridized carbons (Fsp3) is 0.222. The minimum atomic E-state index is 0.500. The molecule has 6 heteroatoms. The van der Waals surface area contributed by atoms with Gasteiger partial charge in [0.15, 0.2) is 0 Å². The van der Waals surface area contributed by atoms with E-state index in [0.717, 1.165) is 22.8 Å². The molecule has 0 aliphatic heterocycles. The minimum absolute atomic E-state index is 0.500. The van der Waals surface area contributed by atoms with Gasteiger partial charge in [-0.3, -0.25) is 0 Å². The molecule has 1 heterocycles. The van der Waals surface area contributed by atoms with Crippen LogP contribution in [0.15, 0.2) is 58.2 Å². The van der Waals surface area contributed by atoms with Gasteiger partial charge >= 0.3 is 0 Å². The van der Waals surface area contributed by atoms with Crippen LogP contribution < -0.4 is 9.47 Å². The van der Waals surface area contributed by atoms with Crippen LogP contribution in [0.5, 0.6) is 11.5 Å². The summed E-state index contributed by atoms with van der Waals surface area (Å²) in [6.45, 7) is 2.63. The molecule has 0 bridgehead atoms. The summed E-state index contributed by atoms with van der Waals surface area (Å²) in [6, 6.07) is 15.5. The molecule has 0 unspecified atom stereocenters. The van der Waals surface area contributed by atoms with E-state index in [0.29, 0.717) is 17.7 Å². The predicted octanol–water partition coefficient (Wildman–Crippen LogP) is 4.22. The molecule has 0 atom stereocenters. The van der Waals surface area contributed by atoms with E-state index in [1.807, 2.05) is 48.5 Å². The predicted molar refractivity (Wildman–Crippen MR) is 93.7 cm³/mol. The molecule has 3 rings (SSSR count). The van der Waals surface area contributed by atoms with Gasteiger partial charge in [0.1, 0.15) is 11.5 Å². The first kappa shape index (κ1) is 16.4. The van der Waals surface area contributed by atoms with Crippen molar-refractivity contribution >= 4 is 11.8 Å². The fourth-order valence-corrected chi connectivity index (χ4v) is 2.62. The van der Waals surface area contributed by atoms with Crippen molar-refractivity contribution in [2.75, 3.05) is 19.5 Å². The molecule has 5 nitrogen and oxygen atoms in total. The summed E-state index contributed by atoms with van der Waals surface area (Å²) in [5, 5.41) is 8.66. The van der Waals surface area contributed by atoms with E-state index < -0.39 is 0 Å². The standard InChI is InChI=1S/C18H18N2O3S/c1-13-3-7-16(8-4-13)22-11-12-24-18-20-19-17(23-18)14-5-9-15(21-2)10-6-14/h3-10H,11-12H2,1-2H3. The Labute approximate surface area is 145 Å². The number of methoxy groups -OCH3 is 1. The van der Waals surface area contributed by atoms with Crippen molar-refractivity contribution in [1.82, 2.24) is 10.2 Å². The van der Waals surface area contributed by atoms with E-state index in [2.05, 4.69) is 17.1 Å². The van der Waals surface area contributed by atoms with Gasteiger partial charge in [-0.15, -0.1) is 10.2 Å². The highest BCUT2D eigenvalue weighted by Crippen LogP contribution is 2.24. The first-order valence-electron chi connectivity index (χ1n) is 7.55. The Hall–Kier alpha value is -2.47. The van der Waals surface area contributed by atoms with Crippen molar-refractivity contribution in [3.05, 3.63) is 54.1 Å². The average Bonchev–Trinajstić information content (AvgIpc) is 3.09. The summed E-state index contributed by atoms with van der Waals surface area (Å²) < 4.78 is 16.5. The van der Waals surface area contributed by atoms with Crippen LogP contribution in [0.4, 0.5) is 0 Å². The van der Waals surface area contributed by atoms with Gasteiger partial charge in [-0.2, -0.15) is 0 Å². The first-order chi connectivity index (χ1) is 11.7. The summed E-state index contributed by atoms with van der Waals surface area (Å²) in [5.74, 6) is 2.89. The summed E-state index contributed by atoms with van der Waals surface area (Å²) in [6.07, 6.45) is 0. The third kappa shape index (κ3) is 4.29. The maximum absolute atomic E-state index is 5.68. The molecular formula is C18H18N2O3S. The molecule has 0 spiro atoms. The number of rotatable bonds is 7. The van der Waals surface area contributed by atoms with Gasteiger partial charge in [0.2, 0.25) is 5.89 Å². The molecule has 0 N–H and O–H groups in total. The molecule has 1 aromatic heterocycles. The molecule has 2 aromatic carbocycles. The number of nitrogens with zero attached hydrogens (tertiary/aromatic N) is 2. The number of aryl methyl sites for hydroxylation is 1. The molecule has 3 aromatic rings. The number of benzene rings is 2. The lowest BCUT2D eigenvalue weighted by Crippen LogP contribution is -1.99. The Balaban J connectivity index is 1.49. The SMILES string of the molecule is COc1ccc(-c2nnc(SCCOc3ccc(C)cc3)o2)cc1. The number of aromatic nitrogens is 2. The van der Waals surface area contributed by atoms with Crippen molar-refractivity contribution in [2.45, 2.75) is 12.1 Å². The number of hydrogen-bond acceptors (Lipinski definition) is 6. The van der Waals surface area contributed by atoms with Crippen LogP contribution in [0.1, 0.15) is 5.56 Å². The lowest BCUT2D eigenvalue weighted by atomic mass is 10.2. The molecular weight excluding hydrogens is 324 g/mol. The second-order valence-electron chi connectivity index (χ2n) is 5.11. The number of thioether (sulfide) groups is 1. The van der Waals surface area contributed by atoms with Crippen molar-refractivity contribution in [3.63, 3.8) is 0 Å². The lowest BCUT2D eigenvalue weighted by Gasteiger charge is -2.04. The molecule has 0 amide bonds. The van der Waals surface area contributed by atoms with Crippen molar-refractivity contribution in [2.24, 2.45) is 0 Å². The van der Waals surface area contributed by atoms with Crippen molar-refractivity contribution in [1.29, 1.82) is 0 Å². The van der Waals surface area contributed by atoms with E-state index >= 15 is 0 Å². The smallest absolute Gasteiger partial charge is 0.276 e. The van der Waals surface area contributed by atoms with Gasteiger partial charge in [-0.1, -0.05) is 29.5 Å². The van der Waals surface area contributed by atoms with Crippen LogP contribution in [-0.4, -0.2) is 29.7 Å². The largest absolute Gasteiger partial charge is 0.497 e. The maximum Gasteiger partial charge on any atom is 0.276 e. The van der Waals surface area contributed by atoms with Crippen LogP contribution in [0.2, 0.25) is 0 Å². The van der Waals surface area contributed by atoms with Crippen LogP contribution in [-0.2, 0) is 0 Å². The Bertz CT molecular complexity index is 770. The third-order valence-corrected chi connectivity index (χ3v) is 4.12. The molecule has 0 aliphatic carbocycles. The zero-order valence-electron chi connectivity index (χ0n) is 13.6. The van der Waals surface area contributed by atoms with Gasteiger partial charge in [-0.25, -0.2) is 0 Å². The van der Waals surface area contributed by atoms with Crippen LogP contribution in [0.25, 0.3) is 11.5 Å². The van der Waals surface area contributed by atoms with Crippen LogP contribution in [0.3, 0.4) is 0 Å². The van der Waals surface area contributed by atoms with E-state index in [-0.39, 0.29) is 0 Å². The monoisotopic (exact) mass is 342 g/mol. The van der Waals surface area contributed by atoms with E-state index in [9.17, 15) is 0 Å². The van der Waals surface area contributed by atoms with Crippen molar-refractivity contribution < 1.29 is 13.9 Å². The molecule has 24 heavy (non-hydrogen) atoms. The van der Waals surface area contributed by atoms with E-state index in [1.54, 1.807) is 7.11 Å². The summed E-state index contributed by atoms with van der Waals surface area (Å²) in [4.78, 5) is 0. The van der Waals surface area contributed by atoms with Crippen LogP contribution in [0, 0.1) is 6.92 Å². The average molecular weight is 342 g/mol. The number of hydrogen-bond donors (Lipinski definition) is 0. The topological polar surface area (TPSA) is 57.4 Å². The fourth-order valence-electron chi connectivity index (χ4n) is 2.04. The second kappa shape index (κ2) is 7.88. The maximum atomic E-state index is 5.68. The van der Waals surface area contributed by atoms with Gasteiger partial charge in [-0.05, 0) is 43.3 Å². The lowest BCUT2D eigenvalue weighted by molar-refractivity contribution is 0.343. The summed E-state index contributed by atoms with van der Waals surface area (Å²) in [7, 11) is 1.63. The molecule has 0 saturated heterocycles. The normalized spacial score (nSPS) is 10.6. The zero-order valence-corrected chi connectivity index (χ0v) is 14.4. The number of ether oxygens (including phenoxy) is 2. The van der Waals surface area contributed by atoms with Gasteiger partial charge < -0.3 is 13.9 Å². The highest BCUT2D eigenvalue weighted by atomic mass is 32.2. The molecule has 0 fully saturated rings. The van der Waals surface area contributed by atoms with Gasteiger partial charge in [0.05, 0.1) is 13.7 Å². The van der Waals surface area contributed by atoms with Crippen molar-refractivity contribution in [3.8, 4) is 23.0 Å². The first-order valence-corrected chi connectivity index (χ1v) is 8.53. The zero-order chi connectivity index (χ0) is 16.8. The van der Waals surface area contributed by atoms with E-state index in [1.165, 1.54) is 17.3 Å². The molecule has 0 radical (unpaired) electrons. The Morgan fingerprint density at radius 3 is 2.38 bits per heavy atom. The summed E-state index contributed by atoms with van der Waals surface area (Å²) >= 11 is 1.48. The molecule has 124 valence electrons. The summed E-state index contributed by atoms with van der Waals surface area (Å²) in [5.41, 5.74) is 2.08. The highest BCUT2D eigenvalue weighted by molar-refractivity contribution is 7.99. The minimum Gasteiger partial charge on any atom is -0.497 e. The highest BCUT2D eigenvalue weighted by Gasteiger charge is 2.09. The molecule has 0 aliphatic rings. The van der Waals surface area contributed by atoms with Crippen LogP contribution >= 0.6 is 11.8 Å². The Morgan fingerprint density at radius 2 is 1.67 bits per heavy atom.